The predicted molar refractivity (Wildman–Crippen MR) is 90.2 cm³/mol. The number of likely N-dealkylation sites (tertiary alicyclic amines) is 1. The Balaban J connectivity index is 1.52. The lowest BCUT2D eigenvalue weighted by atomic mass is 9.94. The van der Waals surface area contributed by atoms with Gasteiger partial charge in [-0.05, 0) is 32.1 Å². The molecule has 3 rings (SSSR count). The Morgan fingerprint density at radius 2 is 1.96 bits per heavy atom. The summed E-state index contributed by atoms with van der Waals surface area (Å²) in [5.74, 6) is 0.284. The van der Waals surface area contributed by atoms with Gasteiger partial charge in [0, 0.05) is 19.0 Å². The smallest absolute Gasteiger partial charge is 0.248 e. The van der Waals surface area contributed by atoms with Gasteiger partial charge in [0.15, 0.2) is 0 Å². The molecule has 0 aromatic carbocycles. The van der Waals surface area contributed by atoms with Crippen molar-refractivity contribution in [1.29, 1.82) is 0 Å². The maximum Gasteiger partial charge on any atom is 0.248 e. The molecule has 1 aliphatic heterocycles. The summed E-state index contributed by atoms with van der Waals surface area (Å²) in [6.45, 7) is 1.83. The molecular weight excluding hydrogens is 306 g/mol. The summed E-state index contributed by atoms with van der Waals surface area (Å²) < 4.78 is 1.50. The second-order valence-electron chi connectivity index (χ2n) is 6.53. The Bertz CT molecular complexity index is 602. The van der Waals surface area contributed by atoms with Gasteiger partial charge in [0.05, 0.1) is 0 Å². The highest BCUT2D eigenvalue weighted by molar-refractivity contribution is 5.91. The van der Waals surface area contributed by atoms with Gasteiger partial charge < -0.3 is 4.90 Å². The first-order chi connectivity index (χ1) is 11.7. The van der Waals surface area contributed by atoms with Crippen LogP contribution in [0.1, 0.15) is 44.9 Å². The first-order valence-corrected chi connectivity index (χ1v) is 8.85. The molecule has 130 valence electrons. The van der Waals surface area contributed by atoms with Crippen molar-refractivity contribution in [3.05, 3.63) is 18.5 Å². The average Bonchev–Trinajstić information content (AvgIpc) is 2.86. The van der Waals surface area contributed by atoms with Gasteiger partial charge in [-0.25, -0.2) is 9.67 Å². The highest BCUT2D eigenvalue weighted by Gasteiger charge is 2.20. The lowest BCUT2D eigenvalue weighted by Gasteiger charge is -2.19. The first kappa shape index (κ1) is 16.7. The summed E-state index contributed by atoms with van der Waals surface area (Å²) in [5, 5.41) is 6.97. The maximum atomic E-state index is 12.3. The molecule has 1 aliphatic carbocycles. The van der Waals surface area contributed by atoms with Gasteiger partial charge in [0.1, 0.15) is 12.9 Å². The van der Waals surface area contributed by atoms with Gasteiger partial charge in [-0.2, -0.15) is 0 Å². The Labute approximate surface area is 142 Å². The van der Waals surface area contributed by atoms with Crippen molar-refractivity contribution in [2.24, 2.45) is 5.92 Å². The number of nitrogens with zero attached hydrogens (tertiary/aromatic N) is 4. The molecule has 2 heterocycles. The lowest BCUT2D eigenvalue weighted by molar-refractivity contribution is -0.132. The number of anilines is 1. The van der Waals surface area contributed by atoms with Gasteiger partial charge >= 0.3 is 0 Å². The summed E-state index contributed by atoms with van der Waals surface area (Å²) >= 11 is 0. The van der Waals surface area contributed by atoms with Crippen LogP contribution < -0.4 is 5.32 Å². The van der Waals surface area contributed by atoms with Crippen LogP contribution in [-0.4, -0.2) is 44.6 Å². The number of carbonyl (C=O) groups excluding carboxylic acids is 2. The number of rotatable bonds is 4. The second-order valence-corrected chi connectivity index (χ2v) is 6.53. The molecule has 1 saturated heterocycles. The van der Waals surface area contributed by atoms with Crippen molar-refractivity contribution >= 4 is 17.8 Å². The topological polar surface area (TPSA) is 80.1 Å². The van der Waals surface area contributed by atoms with Gasteiger partial charge in [-0.3, -0.25) is 14.9 Å². The van der Waals surface area contributed by atoms with E-state index in [1.165, 1.54) is 23.9 Å². The highest BCUT2D eigenvalue weighted by atomic mass is 16.2. The van der Waals surface area contributed by atoms with Crippen LogP contribution in [0.5, 0.6) is 0 Å². The highest BCUT2D eigenvalue weighted by Crippen LogP contribution is 2.19. The van der Waals surface area contributed by atoms with Gasteiger partial charge in [0.2, 0.25) is 17.8 Å². The SMILES string of the molecule is O=C(Nc1ncn(CC(=O)N2CCCCCC2)n1)[C@@H]1CC=CCC1. The van der Waals surface area contributed by atoms with Crippen LogP contribution in [-0.2, 0) is 16.1 Å². The van der Waals surface area contributed by atoms with Gasteiger partial charge in [-0.15, -0.1) is 5.10 Å². The van der Waals surface area contributed by atoms with Crippen molar-refractivity contribution in [2.45, 2.75) is 51.5 Å². The van der Waals surface area contributed by atoms with E-state index in [0.29, 0.717) is 0 Å². The zero-order chi connectivity index (χ0) is 16.8. The van der Waals surface area contributed by atoms with Gasteiger partial charge in [0.25, 0.3) is 0 Å². The Kier molecular flexibility index (Phi) is 5.61. The van der Waals surface area contributed by atoms with Crippen molar-refractivity contribution in [1.82, 2.24) is 19.7 Å². The van der Waals surface area contributed by atoms with E-state index in [4.69, 9.17) is 0 Å². The number of carbonyl (C=O) groups is 2. The van der Waals surface area contributed by atoms with Crippen LogP contribution in [0.2, 0.25) is 0 Å². The number of aromatic nitrogens is 3. The molecule has 24 heavy (non-hydrogen) atoms. The summed E-state index contributed by atoms with van der Waals surface area (Å²) in [4.78, 5) is 30.5. The summed E-state index contributed by atoms with van der Waals surface area (Å²) in [6, 6.07) is 0. The number of hydrogen-bond acceptors (Lipinski definition) is 4. The lowest BCUT2D eigenvalue weighted by Crippen LogP contribution is -2.34. The van der Waals surface area contributed by atoms with Crippen LogP contribution in [0.15, 0.2) is 18.5 Å². The van der Waals surface area contributed by atoms with Crippen molar-refractivity contribution in [3.63, 3.8) is 0 Å². The standard InChI is InChI=1S/C17H25N5O2/c23-15(21-10-6-1-2-7-11-21)12-22-13-18-17(20-22)19-16(24)14-8-4-3-5-9-14/h3-4,13-14H,1-2,5-12H2,(H,19,20,24)/t14-/m1/s1. The number of nitrogens with one attached hydrogen (secondary N) is 1. The molecular formula is C17H25N5O2. The van der Waals surface area contributed by atoms with Crippen LogP contribution in [0.3, 0.4) is 0 Å². The van der Waals surface area contributed by atoms with Crippen molar-refractivity contribution < 1.29 is 9.59 Å². The van der Waals surface area contributed by atoms with Crippen LogP contribution in [0.4, 0.5) is 5.95 Å². The van der Waals surface area contributed by atoms with E-state index in [2.05, 4.69) is 21.5 Å². The summed E-state index contributed by atoms with van der Waals surface area (Å²) in [6.07, 6.45) is 12.7. The van der Waals surface area contributed by atoms with E-state index in [1.54, 1.807) is 0 Å². The predicted octanol–water partition coefficient (Wildman–Crippen LogP) is 1.98. The van der Waals surface area contributed by atoms with E-state index >= 15 is 0 Å². The molecule has 1 N–H and O–H groups in total. The molecule has 2 amide bonds. The first-order valence-electron chi connectivity index (χ1n) is 8.85. The molecule has 0 saturated carbocycles. The van der Waals surface area contributed by atoms with E-state index < -0.39 is 0 Å². The molecule has 7 nitrogen and oxygen atoms in total. The fourth-order valence-electron chi connectivity index (χ4n) is 3.23. The quantitative estimate of drug-likeness (QED) is 0.856. The average molecular weight is 331 g/mol. The molecule has 1 atom stereocenters. The summed E-state index contributed by atoms with van der Waals surface area (Å²) in [5.41, 5.74) is 0. The number of amides is 2. The van der Waals surface area contributed by atoms with E-state index in [0.717, 1.165) is 45.2 Å². The normalized spacial score (nSPS) is 21.3. The fraction of sp³-hybridized carbons (Fsp3) is 0.647. The summed E-state index contributed by atoms with van der Waals surface area (Å²) in [7, 11) is 0. The molecule has 1 fully saturated rings. The minimum Gasteiger partial charge on any atom is -0.341 e. The molecule has 0 spiro atoms. The Morgan fingerprint density at radius 1 is 1.17 bits per heavy atom. The van der Waals surface area contributed by atoms with E-state index in [1.807, 2.05) is 11.0 Å². The van der Waals surface area contributed by atoms with E-state index in [-0.39, 0.29) is 30.2 Å². The van der Waals surface area contributed by atoms with Crippen LogP contribution >= 0.6 is 0 Å². The second kappa shape index (κ2) is 8.08. The van der Waals surface area contributed by atoms with Crippen molar-refractivity contribution in [2.75, 3.05) is 18.4 Å². The Hall–Kier alpha value is -2.18. The van der Waals surface area contributed by atoms with Crippen molar-refractivity contribution in [3.8, 4) is 0 Å². The maximum absolute atomic E-state index is 12.3. The third-order valence-corrected chi connectivity index (χ3v) is 4.67. The third kappa shape index (κ3) is 4.43. The van der Waals surface area contributed by atoms with E-state index in [9.17, 15) is 9.59 Å². The van der Waals surface area contributed by atoms with Crippen LogP contribution in [0, 0.1) is 5.92 Å². The molecule has 0 unspecified atom stereocenters. The molecule has 7 heteroatoms. The number of allylic oxidation sites excluding steroid dienone is 2. The fourth-order valence-corrected chi connectivity index (χ4v) is 3.23. The minimum absolute atomic E-state index is 0.0133. The largest absolute Gasteiger partial charge is 0.341 e. The molecule has 0 bridgehead atoms. The zero-order valence-corrected chi connectivity index (χ0v) is 14.0. The zero-order valence-electron chi connectivity index (χ0n) is 14.0. The van der Waals surface area contributed by atoms with Gasteiger partial charge in [-0.1, -0.05) is 25.0 Å². The minimum atomic E-state index is -0.0454. The third-order valence-electron chi connectivity index (χ3n) is 4.67. The Morgan fingerprint density at radius 3 is 2.67 bits per heavy atom. The molecule has 2 aliphatic rings. The molecule has 0 radical (unpaired) electrons. The molecule has 1 aromatic rings. The monoisotopic (exact) mass is 331 g/mol. The molecule has 1 aromatic heterocycles. The van der Waals surface area contributed by atoms with Crippen LogP contribution in [0.25, 0.3) is 0 Å². The number of hydrogen-bond donors (Lipinski definition) is 1.